The first-order valence-electron chi connectivity index (χ1n) is 29.3. The van der Waals surface area contributed by atoms with E-state index in [1.54, 1.807) is 26.0 Å². The van der Waals surface area contributed by atoms with Gasteiger partial charge in [-0.15, -0.1) is 0 Å². The number of likely N-dealkylation sites (tertiary alicyclic amines) is 1. The van der Waals surface area contributed by atoms with E-state index in [-0.39, 0.29) is 86.1 Å². The van der Waals surface area contributed by atoms with Gasteiger partial charge in [-0.1, -0.05) is 123 Å². The number of hydrogen-bond acceptors (Lipinski definition) is 13. The molecule has 1 aliphatic heterocycles. The number of ether oxygens (including phenoxy) is 5. The number of nitrogens with one attached hydrogen (secondary N) is 2. The second kappa shape index (κ2) is 28.9. The molecule has 16 nitrogen and oxygen atoms in total. The van der Waals surface area contributed by atoms with Gasteiger partial charge in [-0.25, -0.2) is 4.79 Å². The molecular formula is C68H80N4O12. The third-order valence-corrected chi connectivity index (χ3v) is 16.1. The van der Waals surface area contributed by atoms with Gasteiger partial charge >= 0.3 is 12.1 Å². The van der Waals surface area contributed by atoms with E-state index in [1.807, 2.05) is 117 Å². The minimum atomic E-state index is -1.16. The Hall–Kier alpha value is -8.11. The number of carbonyl (C=O) groups excluding carboxylic acids is 6. The van der Waals surface area contributed by atoms with E-state index in [2.05, 4.69) is 34.9 Å². The van der Waals surface area contributed by atoms with Gasteiger partial charge in [-0.3, -0.25) is 24.2 Å². The smallest absolute Gasteiger partial charge is 0.407 e. The Bertz CT molecular complexity index is 3080. The van der Waals surface area contributed by atoms with E-state index >= 15 is 0 Å². The number of ketones is 2. The quantitative estimate of drug-likeness (QED) is 0.0185. The van der Waals surface area contributed by atoms with E-state index in [9.17, 15) is 33.9 Å². The molecule has 0 saturated carbocycles. The molecule has 3 amide bonds. The number of aliphatic imine (C=N–C) groups is 1. The summed E-state index contributed by atoms with van der Waals surface area (Å²) in [5, 5.41) is 16.9. The SMILES string of the molecule is COc1ccc(C(OC[C@@H]2C[C@@H](OC(=O)CCC(C)=O)CN2C(=O)CCCCCNC(=O)C(CCCCNC(=O)OCC2c3ccccc3-c3ccccc32)N=C(C)C2=C(O)CC(C)(C)CC2=O)(c2ccccc2)c2ccc(OC)cc2)cc1. The van der Waals surface area contributed by atoms with Crippen molar-refractivity contribution in [1.82, 2.24) is 15.5 Å². The molecule has 8 rings (SSSR count). The van der Waals surface area contributed by atoms with Crippen LogP contribution in [0.5, 0.6) is 11.5 Å². The predicted octanol–water partition coefficient (Wildman–Crippen LogP) is 11.3. The highest BCUT2D eigenvalue weighted by Crippen LogP contribution is 2.45. The van der Waals surface area contributed by atoms with Crippen LogP contribution in [-0.2, 0) is 43.8 Å². The third-order valence-electron chi connectivity index (χ3n) is 16.1. The average molecular weight is 1150 g/mol. The summed E-state index contributed by atoms with van der Waals surface area (Å²) < 4.78 is 29.9. The van der Waals surface area contributed by atoms with Crippen molar-refractivity contribution in [2.24, 2.45) is 10.4 Å². The number of amides is 3. The molecule has 0 aromatic heterocycles. The molecule has 1 unspecified atom stereocenters. The van der Waals surface area contributed by atoms with Crippen molar-refractivity contribution in [3.05, 3.63) is 167 Å². The van der Waals surface area contributed by atoms with Gasteiger partial charge in [0, 0.05) is 56.8 Å². The van der Waals surface area contributed by atoms with Crippen LogP contribution >= 0.6 is 0 Å². The lowest BCUT2D eigenvalue weighted by molar-refractivity contribution is -0.150. The minimum Gasteiger partial charge on any atom is -0.511 e. The fraction of sp³-hybridized carbons (Fsp3) is 0.426. The number of esters is 1. The molecule has 0 radical (unpaired) electrons. The van der Waals surface area contributed by atoms with Crippen LogP contribution in [0, 0.1) is 5.41 Å². The van der Waals surface area contributed by atoms with Crippen molar-refractivity contribution < 1.29 is 57.6 Å². The Morgan fingerprint density at radius 1 is 0.690 bits per heavy atom. The molecule has 1 fully saturated rings. The highest BCUT2D eigenvalue weighted by molar-refractivity contribution is 6.22. The highest BCUT2D eigenvalue weighted by atomic mass is 16.6. The zero-order chi connectivity index (χ0) is 59.8. The largest absolute Gasteiger partial charge is 0.511 e. The second-order valence-electron chi connectivity index (χ2n) is 22.9. The molecule has 1 saturated heterocycles. The summed E-state index contributed by atoms with van der Waals surface area (Å²) in [4.78, 5) is 85.8. The summed E-state index contributed by atoms with van der Waals surface area (Å²) in [6.45, 7) is 7.97. The molecule has 2 aliphatic carbocycles. The number of methoxy groups -OCH3 is 2. The van der Waals surface area contributed by atoms with Crippen LogP contribution in [0.15, 0.2) is 144 Å². The van der Waals surface area contributed by atoms with Crippen LogP contribution in [0.4, 0.5) is 4.79 Å². The summed E-state index contributed by atoms with van der Waals surface area (Å²) in [5.74, 6) is -0.0679. The highest BCUT2D eigenvalue weighted by Gasteiger charge is 2.43. The van der Waals surface area contributed by atoms with Crippen LogP contribution in [0.25, 0.3) is 11.1 Å². The molecule has 3 aliphatic rings. The van der Waals surface area contributed by atoms with E-state index in [0.29, 0.717) is 81.7 Å². The van der Waals surface area contributed by atoms with Gasteiger partial charge in [0.25, 0.3) is 0 Å². The second-order valence-corrected chi connectivity index (χ2v) is 22.9. The zero-order valence-electron chi connectivity index (χ0n) is 49.3. The predicted molar refractivity (Wildman–Crippen MR) is 321 cm³/mol. The molecule has 16 heteroatoms. The number of alkyl carbamates (subject to hydrolysis) is 1. The minimum absolute atomic E-state index is 0.0325. The van der Waals surface area contributed by atoms with Crippen LogP contribution in [0.2, 0.25) is 0 Å². The number of allylic oxidation sites excluding steroid dienone is 2. The maximum atomic E-state index is 14.4. The molecular weight excluding hydrogens is 1060 g/mol. The molecule has 0 bridgehead atoms. The molecule has 84 heavy (non-hydrogen) atoms. The lowest BCUT2D eigenvalue weighted by Gasteiger charge is -2.38. The summed E-state index contributed by atoms with van der Waals surface area (Å²) in [6, 6.07) is 40.2. The molecule has 5 aromatic rings. The van der Waals surface area contributed by atoms with Crippen molar-refractivity contribution >= 4 is 41.2 Å². The lowest BCUT2D eigenvalue weighted by Crippen LogP contribution is -2.42. The Labute approximate surface area is 493 Å². The standard InChI is InChI=1S/C68H80N4O12/c1-45(73)27-36-63(77)84-53-39-50(43-83-68(47-19-9-7-10-20-47,48-28-32-51(80-5)33-29-48)49-30-34-52(81-6)35-31-49)72(42-53)62(76)26-11-8-17-37-69-65(78)59(71-46(2)64-60(74)40-67(3,4)41-61(64)75)25-16-18-38-70-66(79)82-44-58-56-23-14-12-21-54(56)55-22-13-15-24-57(55)58/h7,9-10,12-15,19-24,28-35,50,53,58-59,74H,8,11,16-18,25-27,36-44H2,1-6H3,(H,69,78)(H,70,79)/t50-,53+,59?/m0/s1. The van der Waals surface area contributed by atoms with Gasteiger partial charge in [-0.05, 0) is 115 Å². The van der Waals surface area contributed by atoms with Crippen molar-refractivity contribution in [3.8, 4) is 22.6 Å². The summed E-state index contributed by atoms with van der Waals surface area (Å²) >= 11 is 0. The number of aliphatic hydroxyl groups is 1. The summed E-state index contributed by atoms with van der Waals surface area (Å²) in [6.07, 6.45) is 2.97. The van der Waals surface area contributed by atoms with Crippen LogP contribution < -0.4 is 20.1 Å². The van der Waals surface area contributed by atoms with E-state index in [1.165, 1.54) is 6.92 Å². The number of Topliss-reactive ketones (excluding diaryl/α,β-unsaturated/α-hetero) is 2. The van der Waals surface area contributed by atoms with Crippen molar-refractivity contribution in [3.63, 3.8) is 0 Å². The Balaban J connectivity index is 0.885. The average Bonchev–Trinajstić information content (AvgIpc) is 1.71. The number of nitrogens with zero attached hydrogens (tertiary/aromatic N) is 2. The number of benzene rings is 5. The normalized spacial score (nSPS) is 17.0. The summed E-state index contributed by atoms with van der Waals surface area (Å²) in [5.41, 5.74) is 5.92. The fourth-order valence-corrected chi connectivity index (χ4v) is 11.8. The molecule has 3 N–H and O–H groups in total. The number of rotatable bonds is 28. The molecule has 0 spiro atoms. The van der Waals surface area contributed by atoms with Gasteiger partial charge in [0.15, 0.2) is 5.78 Å². The summed E-state index contributed by atoms with van der Waals surface area (Å²) in [7, 11) is 3.22. The Kier molecular flexibility index (Phi) is 21.3. The fourth-order valence-electron chi connectivity index (χ4n) is 11.8. The molecule has 5 aromatic carbocycles. The van der Waals surface area contributed by atoms with Gasteiger partial charge < -0.3 is 49.1 Å². The topological polar surface area (TPSA) is 208 Å². The van der Waals surface area contributed by atoms with E-state index in [0.717, 1.165) is 38.9 Å². The Morgan fingerprint density at radius 3 is 1.88 bits per heavy atom. The van der Waals surface area contributed by atoms with Crippen molar-refractivity contribution in [2.45, 2.75) is 134 Å². The third kappa shape index (κ3) is 15.5. The monoisotopic (exact) mass is 1140 g/mol. The van der Waals surface area contributed by atoms with Crippen LogP contribution in [0.3, 0.4) is 0 Å². The first-order chi connectivity index (χ1) is 40.5. The zero-order valence-corrected chi connectivity index (χ0v) is 49.3. The van der Waals surface area contributed by atoms with E-state index < -0.39 is 41.3 Å². The van der Waals surface area contributed by atoms with Crippen molar-refractivity contribution in [2.75, 3.05) is 47.1 Å². The lowest BCUT2D eigenvalue weighted by atomic mass is 9.75. The molecule has 3 atom stereocenters. The van der Waals surface area contributed by atoms with Crippen LogP contribution in [-0.4, -0.2) is 116 Å². The molecule has 444 valence electrons. The van der Waals surface area contributed by atoms with Gasteiger partial charge in [0.1, 0.15) is 47.4 Å². The van der Waals surface area contributed by atoms with Crippen LogP contribution in [0.1, 0.15) is 138 Å². The number of hydrogen-bond donors (Lipinski definition) is 3. The van der Waals surface area contributed by atoms with E-state index in [4.69, 9.17) is 28.7 Å². The Morgan fingerprint density at radius 2 is 1.27 bits per heavy atom. The number of unbranched alkanes of at least 4 members (excludes halogenated alkanes) is 3. The first kappa shape index (κ1) is 61.9. The maximum Gasteiger partial charge on any atom is 0.407 e. The first-order valence-corrected chi connectivity index (χ1v) is 29.3. The molecule has 1 heterocycles. The number of aliphatic hydroxyl groups excluding tert-OH is 1. The van der Waals surface area contributed by atoms with Gasteiger partial charge in [0.05, 0.1) is 45.4 Å². The van der Waals surface area contributed by atoms with Gasteiger partial charge in [0.2, 0.25) is 11.8 Å². The van der Waals surface area contributed by atoms with Gasteiger partial charge in [-0.2, -0.15) is 0 Å². The number of carbonyl (C=O) groups is 6. The number of fused-ring (bicyclic) bond motifs is 3. The van der Waals surface area contributed by atoms with Crippen molar-refractivity contribution in [1.29, 1.82) is 0 Å². The maximum absolute atomic E-state index is 14.4.